The van der Waals surface area contributed by atoms with Crippen molar-refractivity contribution in [3.05, 3.63) is 71.5 Å². The largest absolute Gasteiger partial charge is 0.479 e. The molecular formula is C46H56FN5O5S. The molecule has 2 bridgehead atoms. The van der Waals surface area contributed by atoms with Gasteiger partial charge in [0.15, 0.2) is 5.78 Å². The number of ether oxygens (including phenoxy) is 1. The van der Waals surface area contributed by atoms with Crippen LogP contribution in [0.3, 0.4) is 0 Å². The number of thiazole rings is 1. The van der Waals surface area contributed by atoms with E-state index in [2.05, 4.69) is 46.6 Å². The number of carbonyl (C=O) groups is 3. The molecule has 3 saturated carbocycles. The number of aromatic nitrogens is 3. The lowest BCUT2D eigenvalue weighted by atomic mass is 9.89. The summed E-state index contributed by atoms with van der Waals surface area (Å²) in [5.41, 5.74) is 3.29. The standard InChI is InChI=1S/C46H56FN5O5S/c1-28(2)52-39-16-10-14-36(43-49-38(27-58-43)30-11-8-9-12-30)41(39)50-45(52)57-35-23-29-17-18-31(25-35)42(54)51-46(44(55)56)26-32(46)13-6-4-3-5-7-15-37(40(53)24-29)48-34-21-19-33(47)20-22-34/h6,10,13-14,16,19-22,27-32,35,37,48H,3-5,7-9,11-12,15,17-18,23-26H2,1-2H3,(H,51,54)(H,55,56)/b13-6-/t29?,31-,32+,35-,37-,46+/m0/s1. The summed E-state index contributed by atoms with van der Waals surface area (Å²) in [5.74, 6) is -1.86. The molecule has 4 aliphatic rings. The predicted octanol–water partition coefficient (Wildman–Crippen LogP) is 10.0. The van der Waals surface area contributed by atoms with E-state index < -0.39 is 29.6 Å². The Balaban J connectivity index is 1.10. The monoisotopic (exact) mass is 809 g/mol. The maximum Gasteiger partial charge on any atom is 0.330 e. The van der Waals surface area contributed by atoms with Gasteiger partial charge < -0.3 is 20.5 Å². The van der Waals surface area contributed by atoms with Crippen LogP contribution < -0.4 is 15.4 Å². The number of Topliss-reactive ketones (excluding diaryl/α,β-unsaturated/α-hetero) is 1. The summed E-state index contributed by atoms with van der Waals surface area (Å²) < 4.78 is 22.8. The number of carbonyl (C=O) groups excluding carboxylic acids is 2. The number of rotatable bonds is 8. The molecule has 2 aromatic carbocycles. The zero-order valence-electron chi connectivity index (χ0n) is 33.6. The van der Waals surface area contributed by atoms with E-state index in [1.165, 1.54) is 43.5 Å². The number of halogens is 1. The number of nitrogens with zero attached hydrogens (tertiary/aromatic N) is 3. The molecule has 6 atom stereocenters. The fourth-order valence-corrected chi connectivity index (χ4v) is 10.5. The Bertz CT molecular complexity index is 2140. The second-order valence-electron chi connectivity index (χ2n) is 17.5. The predicted molar refractivity (Wildman–Crippen MR) is 225 cm³/mol. The van der Waals surface area contributed by atoms with Gasteiger partial charge in [0.2, 0.25) is 5.91 Å². The van der Waals surface area contributed by atoms with Crippen molar-refractivity contribution in [2.45, 2.75) is 140 Å². The molecular weight excluding hydrogens is 754 g/mol. The molecule has 3 N–H and O–H groups in total. The van der Waals surface area contributed by atoms with Gasteiger partial charge in [0.05, 0.1) is 17.3 Å². The highest BCUT2D eigenvalue weighted by molar-refractivity contribution is 7.13. The number of carboxylic acids is 1. The lowest BCUT2D eigenvalue weighted by Gasteiger charge is -2.25. The molecule has 12 heteroatoms. The molecule has 0 spiro atoms. The molecule has 0 radical (unpaired) electrons. The third-order valence-corrected chi connectivity index (χ3v) is 13.9. The molecule has 1 aliphatic heterocycles. The number of allylic oxidation sites excluding steroid dienone is 1. The molecule has 3 heterocycles. The molecule has 0 saturated heterocycles. The van der Waals surface area contributed by atoms with Gasteiger partial charge in [-0.05, 0) is 120 Å². The minimum atomic E-state index is -1.30. The van der Waals surface area contributed by atoms with Crippen LogP contribution in [0.4, 0.5) is 10.1 Å². The smallest absolute Gasteiger partial charge is 0.330 e. The van der Waals surface area contributed by atoms with E-state index in [4.69, 9.17) is 14.7 Å². The fourth-order valence-electron chi connectivity index (χ4n) is 9.62. The number of benzene rings is 2. The van der Waals surface area contributed by atoms with E-state index in [0.29, 0.717) is 62.6 Å². The van der Waals surface area contributed by atoms with Gasteiger partial charge in [0, 0.05) is 46.8 Å². The quantitative estimate of drug-likeness (QED) is 0.150. The van der Waals surface area contributed by atoms with Crippen molar-refractivity contribution in [3.63, 3.8) is 0 Å². The number of hydrogen-bond acceptors (Lipinski definition) is 8. The first-order valence-corrected chi connectivity index (χ1v) is 22.4. The average Bonchev–Trinajstić information content (AvgIpc) is 3.57. The van der Waals surface area contributed by atoms with Crippen LogP contribution in [0, 0.1) is 23.6 Å². The van der Waals surface area contributed by atoms with Gasteiger partial charge in [-0.1, -0.05) is 43.9 Å². The Morgan fingerprint density at radius 1 is 0.983 bits per heavy atom. The first-order chi connectivity index (χ1) is 28.1. The maximum absolute atomic E-state index is 14.2. The Labute approximate surface area is 344 Å². The molecule has 3 aliphatic carbocycles. The van der Waals surface area contributed by atoms with Crippen LogP contribution in [-0.4, -0.2) is 55.0 Å². The molecule has 10 nitrogen and oxygen atoms in total. The minimum absolute atomic E-state index is 0.0130. The molecule has 4 aromatic rings. The number of hydrogen-bond donors (Lipinski definition) is 3. The van der Waals surface area contributed by atoms with Gasteiger partial charge in [-0.25, -0.2) is 14.2 Å². The van der Waals surface area contributed by atoms with Crippen LogP contribution in [0.25, 0.3) is 21.6 Å². The van der Waals surface area contributed by atoms with E-state index in [1.807, 2.05) is 18.2 Å². The number of imidazole rings is 1. The van der Waals surface area contributed by atoms with E-state index in [9.17, 15) is 23.9 Å². The number of aliphatic carboxylic acids is 1. The van der Waals surface area contributed by atoms with Crippen LogP contribution in [0.1, 0.15) is 128 Å². The summed E-state index contributed by atoms with van der Waals surface area (Å²) in [4.78, 5) is 51.3. The van der Waals surface area contributed by atoms with E-state index in [1.54, 1.807) is 23.5 Å². The van der Waals surface area contributed by atoms with Crippen LogP contribution >= 0.6 is 11.3 Å². The third kappa shape index (κ3) is 8.72. The first-order valence-electron chi connectivity index (χ1n) is 21.5. The molecule has 8 rings (SSSR count). The van der Waals surface area contributed by atoms with Gasteiger partial charge in [-0.15, -0.1) is 11.3 Å². The van der Waals surface area contributed by atoms with Crippen molar-refractivity contribution in [2.75, 3.05) is 5.32 Å². The molecule has 1 amide bonds. The van der Waals surface area contributed by atoms with Crippen molar-refractivity contribution in [3.8, 4) is 16.6 Å². The first kappa shape index (κ1) is 40.2. The number of para-hydroxylation sites is 1. The third-order valence-electron chi connectivity index (χ3n) is 13.0. The van der Waals surface area contributed by atoms with Crippen LogP contribution in [0.15, 0.2) is 60.0 Å². The molecule has 58 heavy (non-hydrogen) atoms. The number of anilines is 1. The van der Waals surface area contributed by atoms with Crippen LogP contribution in [0.5, 0.6) is 6.01 Å². The molecule has 3 fully saturated rings. The van der Waals surface area contributed by atoms with Gasteiger partial charge in [0.1, 0.15) is 28.0 Å². The highest BCUT2D eigenvalue weighted by atomic mass is 32.1. The Hall–Kier alpha value is -4.58. The zero-order valence-corrected chi connectivity index (χ0v) is 34.4. The summed E-state index contributed by atoms with van der Waals surface area (Å²) in [6.07, 6.45) is 15.2. The van der Waals surface area contributed by atoms with Crippen LogP contribution in [-0.2, 0) is 14.4 Å². The van der Waals surface area contributed by atoms with Gasteiger partial charge in [-0.2, -0.15) is 4.98 Å². The highest BCUT2D eigenvalue weighted by Crippen LogP contribution is 2.46. The number of carboxylic acid groups (broad SMARTS) is 1. The average molecular weight is 810 g/mol. The topological polar surface area (TPSA) is 135 Å². The molecule has 308 valence electrons. The summed E-state index contributed by atoms with van der Waals surface area (Å²) in [6.45, 7) is 4.20. The SMILES string of the molecule is CC(C)n1c(O[C@H]2CC3CC[C@@H](C2)C(=O)N[C@]2(C(=O)O)C[C@H]2/C=C\CCCCC[C@H](Nc2ccc(F)cc2)C(=O)C3)nc2c(-c3nc(C4CCCC4)cs3)cccc21. The van der Waals surface area contributed by atoms with Crippen molar-refractivity contribution >= 4 is 45.7 Å². The fraction of sp³-hybridized carbons (Fsp3) is 0.543. The van der Waals surface area contributed by atoms with Crippen molar-refractivity contribution in [2.24, 2.45) is 17.8 Å². The highest BCUT2D eigenvalue weighted by Gasteiger charge is 2.61. The summed E-state index contributed by atoms with van der Waals surface area (Å²) >= 11 is 1.66. The number of nitrogens with one attached hydrogen (secondary N) is 2. The normalized spacial score (nSPS) is 28.0. The number of ketones is 1. The lowest BCUT2D eigenvalue weighted by Crippen LogP contribution is -2.47. The van der Waals surface area contributed by atoms with E-state index in [-0.39, 0.29) is 35.4 Å². The van der Waals surface area contributed by atoms with Gasteiger partial charge >= 0.3 is 5.97 Å². The zero-order chi connectivity index (χ0) is 40.4. The number of amides is 1. The van der Waals surface area contributed by atoms with Crippen molar-refractivity contribution < 1.29 is 28.6 Å². The minimum Gasteiger partial charge on any atom is -0.479 e. The van der Waals surface area contributed by atoms with E-state index >= 15 is 0 Å². The lowest BCUT2D eigenvalue weighted by molar-refractivity contribution is -0.144. The van der Waals surface area contributed by atoms with E-state index in [0.717, 1.165) is 47.3 Å². The van der Waals surface area contributed by atoms with Gasteiger partial charge in [-0.3, -0.25) is 14.2 Å². The maximum atomic E-state index is 14.2. The van der Waals surface area contributed by atoms with Gasteiger partial charge in [0.25, 0.3) is 6.01 Å². The van der Waals surface area contributed by atoms with Crippen molar-refractivity contribution in [1.29, 1.82) is 0 Å². The Morgan fingerprint density at radius 3 is 2.55 bits per heavy atom. The second kappa shape index (κ2) is 17.3. The van der Waals surface area contributed by atoms with Crippen LogP contribution in [0.2, 0.25) is 0 Å². The molecule has 1 unspecified atom stereocenters. The summed E-state index contributed by atoms with van der Waals surface area (Å²) in [6, 6.07) is 12.4. The summed E-state index contributed by atoms with van der Waals surface area (Å²) in [5, 5.41) is 19.8. The number of fused-ring (bicyclic) bond motifs is 5. The molecule has 2 aromatic heterocycles. The Morgan fingerprint density at radius 2 is 1.78 bits per heavy atom. The Kier molecular flexibility index (Phi) is 12.0. The van der Waals surface area contributed by atoms with Crippen molar-refractivity contribution in [1.82, 2.24) is 19.9 Å². The summed E-state index contributed by atoms with van der Waals surface area (Å²) in [7, 11) is 0. The second-order valence-corrected chi connectivity index (χ2v) is 18.3.